The van der Waals surface area contributed by atoms with Crippen molar-refractivity contribution in [1.82, 2.24) is 5.32 Å². The van der Waals surface area contributed by atoms with Crippen molar-refractivity contribution in [3.63, 3.8) is 0 Å². The molecule has 0 unspecified atom stereocenters. The summed E-state index contributed by atoms with van der Waals surface area (Å²) < 4.78 is 4.99. The molecule has 0 aliphatic heterocycles. The SMILES string of the molecule is C[C@H](OC(=O)c1cc(Cl)ccc1O)C(=O)NC1CC1. The summed E-state index contributed by atoms with van der Waals surface area (Å²) in [5.74, 6) is -1.35. The van der Waals surface area contributed by atoms with Crippen LogP contribution in [0.2, 0.25) is 5.02 Å². The minimum atomic E-state index is -0.911. The van der Waals surface area contributed by atoms with Gasteiger partial charge in [-0.2, -0.15) is 0 Å². The molecule has 5 nitrogen and oxygen atoms in total. The zero-order valence-electron chi connectivity index (χ0n) is 10.4. The molecule has 102 valence electrons. The van der Waals surface area contributed by atoms with E-state index < -0.39 is 12.1 Å². The van der Waals surface area contributed by atoms with Crippen molar-refractivity contribution in [1.29, 1.82) is 0 Å². The molecule has 1 aromatic carbocycles. The van der Waals surface area contributed by atoms with Crippen molar-refractivity contribution < 1.29 is 19.4 Å². The van der Waals surface area contributed by atoms with Crippen molar-refractivity contribution in [3.8, 4) is 5.75 Å². The molecule has 0 spiro atoms. The van der Waals surface area contributed by atoms with Gasteiger partial charge in [0.2, 0.25) is 0 Å². The number of benzene rings is 1. The molecule has 1 aliphatic rings. The number of aromatic hydroxyl groups is 1. The maximum atomic E-state index is 11.8. The molecule has 0 heterocycles. The summed E-state index contributed by atoms with van der Waals surface area (Å²) in [5.41, 5.74) is -0.0569. The first-order chi connectivity index (χ1) is 8.97. The molecular weight excluding hydrogens is 270 g/mol. The van der Waals surface area contributed by atoms with Crippen LogP contribution >= 0.6 is 11.6 Å². The van der Waals surface area contributed by atoms with Crippen LogP contribution in [0, 0.1) is 0 Å². The molecule has 0 bridgehead atoms. The number of rotatable bonds is 4. The summed E-state index contributed by atoms with van der Waals surface area (Å²) in [6.07, 6.45) is 1.01. The van der Waals surface area contributed by atoms with Crippen molar-refractivity contribution in [2.45, 2.75) is 31.9 Å². The van der Waals surface area contributed by atoms with Gasteiger partial charge in [0.25, 0.3) is 5.91 Å². The Morgan fingerprint density at radius 2 is 2.16 bits per heavy atom. The van der Waals surface area contributed by atoms with E-state index in [2.05, 4.69) is 5.32 Å². The number of carbonyl (C=O) groups is 2. The van der Waals surface area contributed by atoms with E-state index >= 15 is 0 Å². The molecule has 19 heavy (non-hydrogen) atoms. The normalized spacial score (nSPS) is 15.7. The van der Waals surface area contributed by atoms with Gasteiger partial charge in [-0.05, 0) is 38.0 Å². The van der Waals surface area contributed by atoms with E-state index in [0.29, 0.717) is 5.02 Å². The van der Waals surface area contributed by atoms with Gasteiger partial charge in [-0.1, -0.05) is 11.6 Å². The number of phenolic OH excluding ortho intramolecular Hbond substituents is 1. The second-order valence-electron chi connectivity index (χ2n) is 4.49. The van der Waals surface area contributed by atoms with Crippen LogP contribution in [-0.2, 0) is 9.53 Å². The maximum absolute atomic E-state index is 11.8. The van der Waals surface area contributed by atoms with E-state index in [9.17, 15) is 14.7 Å². The molecule has 6 heteroatoms. The summed E-state index contributed by atoms with van der Waals surface area (Å²) in [6, 6.07) is 4.25. The van der Waals surface area contributed by atoms with Gasteiger partial charge in [-0.3, -0.25) is 4.79 Å². The van der Waals surface area contributed by atoms with E-state index in [4.69, 9.17) is 16.3 Å². The average molecular weight is 284 g/mol. The number of amides is 1. The third kappa shape index (κ3) is 3.61. The van der Waals surface area contributed by atoms with Crippen LogP contribution in [0.3, 0.4) is 0 Å². The summed E-state index contributed by atoms with van der Waals surface area (Å²) in [4.78, 5) is 23.4. The van der Waals surface area contributed by atoms with Crippen LogP contribution in [0.15, 0.2) is 18.2 Å². The van der Waals surface area contributed by atoms with Gasteiger partial charge in [0.05, 0.1) is 0 Å². The summed E-state index contributed by atoms with van der Waals surface area (Å²) in [5, 5.41) is 12.6. The topological polar surface area (TPSA) is 75.6 Å². The molecule has 1 fully saturated rings. The Kier molecular flexibility index (Phi) is 3.95. The Morgan fingerprint density at radius 3 is 2.79 bits per heavy atom. The van der Waals surface area contributed by atoms with E-state index in [0.717, 1.165) is 12.8 Å². The largest absolute Gasteiger partial charge is 0.507 e. The van der Waals surface area contributed by atoms with E-state index in [-0.39, 0.29) is 23.3 Å². The summed E-state index contributed by atoms with van der Waals surface area (Å²) in [6.45, 7) is 1.48. The second-order valence-corrected chi connectivity index (χ2v) is 4.93. The smallest absolute Gasteiger partial charge is 0.342 e. The van der Waals surface area contributed by atoms with Crippen LogP contribution in [0.4, 0.5) is 0 Å². The van der Waals surface area contributed by atoms with E-state index in [1.165, 1.54) is 25.1 Å². The summed E-state index contributed by atoms with van der Waals surface area (Å²) >= 11 is 5.74. The fraction of sp³-hybridized carbons (Fsp3) is 0.385. The highest BCUT2D eigenvalue weighted by atomic mass is 35.5. The lowest BCUT2D eigenvalue weighted by Crippen LogP contribution is -2.37. The Balaban J connectivity index is 1.99. The van der Waals surface area contributed by atoms with Crippen molar-refractivity contribution in [3.05, 3.63) is 28.8 Å². The minimum absolute atomic E-state index is 0.0569. The van der Waals surface area contributed by atoms with Gasteiger partial charge in [0, 0.05) is 11.1 Å². The van der Waals surface area contributed by atoms with Crippen LogP contribution in [-0.4, -0.2) is 29.1 Å². The number of hydrogen-bond acceptors (Lipinski definition) is 4. The highest BCUT2D eigenvalue weighted by Gasteiger charge is 2.27. The molecule has 0 radical (unpaired) electrons. The first-order valence-electron chi connectivity index (χ1n) is 5.97. The first kappa shape index (κ1) is 13.7. The lowest BCUT2D eigenvalue weighted by Gasteiger charge is -2.13. The standard InChI is InChI=1S/C13H14ClNO4/c1-7(12(17)15-9-3-4-9)19-13(18)10-6-8(14)2-5-11(10)16/h2,5-7,9,16H,3-4H2,1H3,(H,15,17)/t7-/m0/s1. The molecule has 1 aliphatic carbocycles. The molecule has 1 saturated carbocycles. The number of nitrogens with one attached hydrogen (secondary N) is 1. The molecule has 0 saturated heterocycles. The van der Waals surface area contributed by atoms with E-state index in [1.807, 2.05) is 0 Å². The predicted molar refractivity (Wildman–Crippen MR) is 69.2 cm³/mol. The summed E-state index contributed by atoms with van der Waals surface area (Å²) in [7, 11) is 0. The Bertz CT molecular complexity index is 513. The average Bonchev–Trinajstić information content (AvgIpc) is 3.15. The molecule has 0 aromatic heterocycles. The Hall–Kier alpha value is -1.75. The highest BCUT2D eigenvalue weighted by molar-refractivity contribution is 6.31. The predicted octanol–water partition coefficient (Wildman–Crippen LogP) is 1.87. The lowest BCUT2D eigenvalue weighted by atomic mass is 10.2. The fourth-order valence-corrected chi connectivity index (χ4v) is 1.67. The van der Waals surface area contributed by atoms with Crippen LogP contribution in [0.5, 0.6) is 5.75 Å². The van der Waals surface area contributed by atoms with Crippen LogP contribution in [0.1, 0.15) is 30.1 Å². The number of phenols is 1. The molecule has 2 rings (SSSR count). The van der Waals surface area contributed by atoms with Gasteiger partial charge in [0.1, 0.15) is 11.3 Å². The molecule has 1 amide bonds. The van der Waals surface area contributed by atoms with Crippen molar-refractivity contribution in [2.75, 3.05) is 0 Å². The van der Waals surface area contributed by atoms with Gasteiger partial charge in [0.15, 0.2) is 6.10 Å². The number of esters is 1. The third-order valence-corrected chi connectivity index (χ3v) is 2.99. The number of ether oxygens (including phenoxy) is 1. The quantitative estimate of drug-likeness (QED) is 0.827. The highest BCUT2D eigenvalue weighted by Crippen LogP contribution is 2.23. The minimum Gasteiger partial charge on any atom is -0.507 e. The first-order valence-corrected chi connectivity index (χ1v) is 6.35. The zero-order valence-corrected chi connectivity index (χ0v) is 11.1. The van der Waals surface area contributed by atoms with E-state index in [1.54, 1.807) is 0 Å². The Morgan fingerprint density at radius 1 is 1.47 bits per heavy atom. The second kappa shape index (κ2) is 5.48. The molecule has 2 N–H and O–H groups in total. The monoisotopic (exact) mass is 283 g/mol. The number of halogens is 1. The third-order valence-electron chi connectivity index (χ3n) is 2.76. The number of carbonyl (C=O) groups excluding carboxylic acids is 2. The van der Waals surface area contributed by atoms with Gasteiger partial charge in [-0.15, -0.1) is 0 Å². The molecule has 1 atom stereocenters. The maximum Gasteiger partial charge on any atom is 0.342 e. The van der Waals surface area contributed by atoms with Crippen LogP contribution < -0.4 is 5.32 Å². The van der Waals surface area contributed by atoms with Crippen LogP contribution in [0.25, 0.3) is 0 Å². The van der Waals surface area contributed by atoms with Crippen molar-refractivity contribution >= 4 is 23.5 Å². The Labute approximate surface area is 115 Å². The zero-order chi connectivity index (χ0) is 14.0. The lowest BCUT2D eigenvalue weighted by molar-refractivity contribution is -0.129. The van der Waals surface area contributed by atoms with Gasteiger partial charge >= 0.3 is 5.97 Å². The van der Waals surface area contributed by atoms with Gasteiger partial charge in [-0.25, -0.2) is 4.79 Å². The molecule has 1 aromatic rings. The number of hydrogen-bond donors (Lipinski definition) is 2. The molecular formula is C13H14ClNO4. The van der Waals surface area contributed by atoms with Gasteiger partial charge < -0.3 is 15.2 Å². The van der Waals surface area contributed by atoms with Crippen molar-refractivity contribution in [2.24, 2.45) is 0 Å². The fourth-order valence-electron chi connectivity index (χ4n) is 1.50.